The Balaban J connectivity index is 2.01. The second-order valence-electron chi connectivity index (χ2n) is 4.75. The first kappa shape index (κ1) is 14.0. The minimum absolute atomic E-state index is 0.0811. The van der Waals surface area contributed by atoms with Crippen molar-refractivity contribution in [3.8, 4) is 0 Å². The van der Waals surface area contributed by atoms with Crippen LogP contribution in [0.2, 0.25) is 0 Å². The molecule has 0 aromatic heterocycles. The summed E-state index contributed by atoms with van der Waals surface area (Å²) >= 11 is 0. The van der Waals surface area contributed by atoms with E-state index in [4.69, 9.17) is 5.11 Å². The van der Waals surface area contributed by atoms with Gasteiger partial charge in [0.2, 0.25) is 0 Å². The van der Waals surface area contributed by atoms with E-state index >= 15 is 0 Å². The highest BCUT2D eigenvalue weighted by atomic mass is 19.1. The Morgan fingerprint density at radius 1 is 1.47 bits per heavy atom. The van der Waals surface area contributed by atoms with Gasteiger partial charge in [-0.2, -0.15) is 0 Å². The molecule has 0 bridgehead atoms. The van der Waals surface area contributed by atoms with E-state index in [1.165, 1.54) is 12.1 Å². The van der Waals surface area contributed by atoms with Crippen LogP contribution in [0.15, 0.2) is 24.3 Å². The Morgan fingerprint density at radius 3 is 3.00 bits per heavy atom. The molecule has 5 heteroatoms. The predicted octanol–water partition coefficient (Wildman–Crippen LogP) is 1.01. The number of amides is 1. The molecule has 1 unspecified atom stereocenters. The van der Waals surface area contributed by atoms with Crippen LogP contribution in [0, 0.1) is 5.82 Å². The van der Waals surface area contributed by atoms with Crippen molar-refractivity contribution in [2.24, 2.45) is 0 Å². The zero-order valence-electron chi connectivity index (χ0n) is 10.8. The molecule has 0 radical (unpaired) electrons. The van der Waals surface area contributed by atoms with Crippen molar-refractivity contribution in [1.29, 1.82) is 0 Å². The maximum absolute atomic E-state index is 13.6. The number of carbonyl (C=O) groups is 1. The molecule has 0 aliphatic carbocycles. The van der Waals surface area contributed by atoms with Crippen molar-refractivity contribution >= 4 is 5.91 Å². The van der Waals surface area contributed by atoms with Gasteiger partial charge in [0.15, 0.2) is 0 Å². The van der Waals surface area contributed by atoms with Crippen LogP contribution in [0.25, 0.3) is 0 Å². The average molecular weight is 266 g/mol. The monoisotopic (exact) mass is 266 g/mol. The second kappa shape index (κ2) is 6.63. The Labute approximate surface area is 112 Å². The van der Waals surface area contributed by atoms with E-state index in [2.05, 4.69) is 5.32 Å². The fraction of sp³-hybridized carbons (Fsp3) is 0.500. The average Bonchev–Trinajstić information content (AvgIpc) is 2.45. The maximum Gasteiger partial charge on any atom is 0.256 e. The number of carbonyl (C=O) groups excluding carboxylic acids is 1. The molecule has 4 nitrogen and oxygen atoms in total. The molecule has 104 valence electrons. The highest BCUT2D eigenvalue weighted by Gasteiger charge is 2.25. The van der Waals surface area contributed by atoms with Crippen LogP contribution in [0.4, 0.5) is 4.39 Å². The van der Waals surface area contributed by atoms with Gasteiger partial charge in [-0.1, -0.05) is 12.1 Å². The lowest BCUT2D eigenvalue weighted by molar-refractivity contribution is 0.0688. The SMILES string of the molecule is O=C(c1ccccc1F)N1CCCC(NCCO)C1. The Hall–Kier alpha value is -1.46. The molecule has 1 saturated heterocycles. The third kappa shape index (κ3) is 3.52. The van der Waals surface area contributed by atoms with Crippen molar-refractivity contribution in [2.45, 2.75) is 18.9 Å². The van der Waals surface area contributed by atoms with Crippen molar-refractivity contribution in [3.63, 3.8) is 0 Å². The maximum atomic E-state index is 13.6. The number of piperidine rings is 1. The third-order valence-electron chi connectivity index (χ3n) is 3.36. The Kier molecular flexibility index (Phi) is 4.87. The Bertz CT molecular complexity index is 439. The lowest BCUT2D eigenvalue weighted by Gasteiger charge is -2.33. The van der Waals surface area contributed by atoms with Crippen molar-refractivity contribution in [1.82, 2.24) is 10.2 Å². The number of halogens is 1. The van der Waals surface area contributed by atoms with E-state index < -0.39 is 5.82 Å². The molecule has 1 aromatic rings. The van der Waals surface area contributed by atoms with Crippen LogP contribution in [0.5, 0.6) is 0 Å². The number of hydrogen-bond donors (Lipinski definition) is 2. The summed E-state index contributed by atoms with van der Waals surface area (Å²) in [5, 5.41) is 12.0. The highest BCUT2D eigenvalue weighted by Crippen LogP contribution is 2.15. The fourth-order valence-electron chi connectivity index (χ4n) is 2.40. The van der Waals surface area contributed by atoms with E-state index in [1.807, 2.05) is 0 Å². The normalized spacial score (nSPS) is 19.5. The number of likely N-dealkylation sites (tertiary alicyclic amines) is 1. The van der Waals surface area contributed by atoms with Gasteiger partial charge >= 0.3 is 0 Å². The number of nitrogens with one attached hydrogen (secondary N) is 1. The van der Waals surface area contributed by atoms with Crippen LogP contribution in [0.3, 0.4) is 0 Å². The van der Waals surface area contributed by atoms with Gasteiger partial charge in [-0.15, -0.1) is 0 Å². The number of aliphatic hydroxyl groups excluding tert-OH is 1. The topological polar surface area (TPSA) is 52.6 Å². The molecule has 2 N–H and O–H groups in total. The highest BCUT2D eigenvalue weighted by molar-refractivity contribution is 5.94. The number of hydrogen-bond acceptors (Lipinski definition) is 3. The summed E-state index contributed by atoms with van der Waals surface area (Å²) < 4.78 is 13.6. The summed E-state index contributed by atoms with van der Waals surface area (Å²) in [5.41, 5.74) is 0.130. The van der Waals surface area contributed by atoms with Gasteiger partial charge in [0, 0.05) is 25.7 Å². The van der Waals surface area contributed by atoms with Gasteiger partial charge < -0.3 is 15.3 Å². The summed E-state index contributed by atoms with van der Waals surface area (Å²) in [6, 6.07) is 6.24. The number of aliphatic hydroxyl groups is 1. The van der Waals surface area contributed by atoms with Crippen LogP contribution in [-0.2, 0) is 0 Å². The number of rotatable bonds is 4. The van der Waals surface area contributed by atoms with Gasteiger partial charge in [0.1, 0.15) is 5.82 Å². The van der Waals surface area contributed by atoms with Crippen molar-refractivity contribution in [3.05, 3.63) is 35.6 Å². The Morgan fingerprint density at radius 2 is 2.26 bits per heavy atom. The van der Waals surface area contributed by atoms with Gasteiger partial charge in [-0.3, -0.25) is 4.79 Å². The van der Waals surface area contributed by atoms with E-state index in [1.54, 1.807) is 17.0 Å². The first-order valence-corrected chi connectivity index (χ1v) is 6.60. The van der Waals surface area contributed by atoms with E-state index in [9.17, 15) is 9.18 Å². The van der Waals surface area contributed by atoms with Gasteiger partial charge in [-0.25, -0.2) is 4.39 Å². The molecule has 1 heterocycles. The largest absolute Gasteiger partial charge is 0.395 e. The molecule has 1 aliphatic heterocycles. The summed E-state index contributed by atoms with van der Waals surface area (Å²) in [6.45, 7) is 1.82. The summed E-state index contributed by atoms with van der Waals surface area (Å²) in [5.74, 6) is -0.730. The van der Waals surface area contributed by atoms with E-state index in [0.29, 0.717) is 19.6 Å². The zero-order chi connectivity index (χ0) is 13.7. The predicted molar refractivity (Wildman–Crippen MR) is 70.4 cm³/mol. The molecule has 1 aromatic carbocycles. The summed E-state index contributed by atoms with van der Waals surface area (Å²) in [4.78, 5) is 13.9. The molecule has 1 aliphatic rings. The van der Waals surface area contributed by atoms with Crippen LogP contribution in [-0.4, -0.2) is 48.2 Å². The minimum atomic E-state index is -0.474. The quantitative estimate of drug-likeness (QED) is 0.855. The van der Waals surface area contributed by atoms with E-state index in [0.717, 1.165) is 12.8 Å². The summed E-state index contributed by atoms with van der Waals surface area (Å²) in [6.07, 6.45) is 1.87. The first-order valence-electron chi connectivity index (χ1n) is 6.60. The molecular formula is C14H19FN2O2. The van der Waals surface area contributed by atoms with E-state index in [-0.39, 0.29) is 24.1 Å². The third-order valence-corrected chi connectivity index (χ3v) is 3.36. The lowest BCUT2D eigenvalue weighted by Crippen LogP contribution is -2.48. The zero-order valence-corrected chi connectivity index (χ0v) is 10.8. The molecule has 1 amide bonds. The van der Waals surface area contributed by atoms with Gasteiger partial charge in [0.05, 0.1) is 12.2 Å². The molecule has 1 atom stereocenters. The van der Waals surface area contributed by atoms with Crippen LogP contribution in [0.1, 0.15) is 23.2 Å². The molecule has 0 spiro atoms. The molecule has 19 heavy (non-hydrogen) atoms. The number of benzene rings is 1. The first-order chi connectivity index (χ1) is 9.22. The molecule has 2 rings (SSSR count). The standard InChI is InChI=1S/C14H19FN2O2/c15-13-6-2-1-5-12(13)14(19)17-8-3-4-11(10-17)16-7-9-18/h1-2,5-6,11,16,18H,3-4,7-10H2. The molecule has 0 saturated carbocycles. The second-order valence-corrected chi connectivity index (χ2v) is 4.75. The summed E-state index contributed by atoms with van der Waals surface area (Å²) in [7, 11) is 0. The van der Waals surface area contributed by atoms with Gasteiger partial charge in [-0.05, 0) is 25.0 Å². The fourth-order valence-corrected chi connectivity index (χ4v) is 2.40. The molecule has 1 fully saturated rings. The van der Waals surface area contributed by atoms with Crippen LogP contribution >= 0.6 is 0 Å². The molecular weight excluding hydrogens is 247 g/mol. The minimum Gasteiger partial charge on any atom is -0.395 e. The van der Waals surface area contributed by atoms with Crippen molar-refractivity contribution < 1.29 is 14.3 Å². The van der Waals surface area contributed by atoms with Crippen molar-refractivity contribution in [2.75, 3.05) is 26.2 Å². The lowest BCUT2D eigenvalue weighted by atomic mass is 10.0. The van der Waals surface area contributed by atoms with Crippen LogP contribution < -0.4 is 5.32 Å². The van der Waals surface area contributed by atoms with Gasteiger partial charge in [0.25, 0.3) is 5.91 Å². The number of nitrogens with zero attached hydrogens (tertiary/aromatic N) is 1. The smallest absolute Gasteiger partial charge is 0.256 e.